The molecule has 0 aliphatic heterocycles. The Morgan fingerprint density at radius 3 is 2.48 bits per heavy atom. The van der Waals surface area contributed by atoms with E-state index in [1.165, 1.54) is 5.56 Å². The Hall–Kier alpha value is -2.73. The highest BCUT2D eigenvalue weighted by atomic mass is 32.2. The molecule has 6 heteroatoms. The Kier molecular flexibility index (Phi) is 4.66. The van der Waals surface area contributed by atoms with Gasteiger partial charge in [-0.3, -0.25) is 4.79 Å². The maximum atomic E-state index is 12.8. The van der Waals surface area contributed by atoms with Crippen molar-refractivity contribution in [1.82, 2.24) is 19.6 Å². The minimum absolute atomic E-state index is 0.323. The number of hydrogen-bond acceptors (Lipinski definition) is 5. The third-order valence-corrected chi connectivity index (χ3v) is 5.29. The Morgan fingerprint density at radius 2 is 1.78 bits per heavy atom. The van der Waals surface area contributed by atoms with Gasteiger partial charge in [-0.1, -0.05) is 68.9 Å². The molecule has 5 nitrogen and oxygen atoms in total. The van der Waals surface area contributed by atoms with Crippen molar-refractivity contribution in [3.8, 4) is 11.3 Å². The second kappa shape index (κ2) is 7.12. The Labute approximate surface area is 161 Å². The molecule has 0 radical (unpaired) electrons. The molecule has 0 atom stereocenters. The maximum absolute atomic E-state index is 12.8. The first kappa shape index (κ1) is 17.7. The monoisotopic (exact) mass is 376 g/mol. The fourth-order valence-corrected chi connectivity index (χ4v) is 3.71. The number of para-hydroxylation sites is 1. The number of hydrogen-bond donors (Lipinski definition) is 0. The van der Waals surface area contributed by atoms with E-state index in [0.717, 1.165) is 27.4 Å². The number of thioether (sulfide) groups is 1. The quantitative estimate of drug-likeness (QED) is 0.297. The highest BCUT2D eigenvalue weighted by molar-refractivity contribution is 7.99. The summed E-state index contributed by atoms with van der Waals surface area (Å²) in [5.41, 5.74) is 3.38. The van der Waals surface area contributed by atoms with Crippen LogP contribution in [0.25, 0.3) is 27.8 Å². The van der Waals surface area contributed by atoms with E-state index in [0.29, 0.717) is 17.3 Å². The number of aromatic nitrogens is 4. The molecule has 4 rings (SSSR count). The smallest absolute Gasteiger partial charge is 0.265 e. The van der Waals surface area contributed by atoms with Gasteiger partial charge in [0.15, 0.2) is 16.5 Å². The predicted molar refractivity (Wildman–Crippen MR) is 110 cm³/mol. The van der Waals surface area contributed by atoms with Gasteiger partial charge in [0, 0.05) is 10.9 Å². The summed E-state index contributed by atoms with van der Waals surface area (Å²) in [5.74, 6) is 1.29. The molecule has 0 aliphatic rings. The topological polar surface area (TPSA) is 60.2 Å². The zero-order chi connectivity index (χ0) is 19.0. The summed E-state index contributed by atoms with van der Waals surface area (Å²) in [6.07, 6.45) is 0. The molecule has 4 aromatic rings. The van der Waals surface area contributed by atoms with Gasteiger partial charge >= 0.3 is 0 Å². The highest BCUT2D eigenvalue weighted by Crippen LogP contribution is 2.24. The van der Waals surface area contributed by atoms with Crippen LogP contribution in [0.15, 0.2) is 58.5 Å². The van der Waals surface area contributed by atoms with Crippen molar-refractivity contribution in [2.75, 3.05) is 5.75 Å². The average molecular weight is 376 g/mol. The number of fused-ring (bicyclic) bond motifs is 3. The fourth-order valence-electron chi connectivity index (χ4n) is 3.03. The molecule has 0 saturated carbocycles. The third kappa shape index (κ3) is 3.21. The predicted octanol–water partition coefficient (Wildman–Crippen LogP) is 4.54. The first-order valence-corrected chi connectivity index (χ1v) is 10.00. The molecule has 2 heterocycles. The number of rotatable bonds is 4. The number of benzene rings is 2. The van der Waals surface area contributed by atoms with Crippen LogP contribution in [0, 0.1) is 0 Å². The highest BCUT2D eigenvalue weighted by Gasteiger charge is 2.15. The van der Waals surface area contributed by atoms with Crippen LogP contribution in [0.5, 0.6) is 0 Å². The summed E-state index contributed by atoms with van der Waals surface area (Å²) in [6, 6.07) is 15.7. The van der Waals surface area contributed by atoms with Crippen LogP contribution in [0.3, 0.4) is 0 Å². The van der Waals surface area contributed by atoms with Crippen molar-refractivity contribution in [2.45, 2.75) is 31.8 Å². The van der Waals surface area contributed by atoms with Gasteiger partial charge in [-0.05, 0) is 29.4 Å². The van der Waals surface area contributed by atoms with Crippen molar-refractivity contribution in [3.63, 3.8) is 0 Å². The van der Waals surface area contributed by atoms with Gasteiger partial charge in [0.1, 0.15) is 0 Å². The minimum Gasteiger partial charge on any atom is -0.265 e. The van der Waals surface area contributed by atoms with Crippen LogP contribution in [0.2, 0.25) is 0 Å². The molecular weight excluding hydrogens is 356 g/mol. The molecule has 0 aliphatic carbocycles. The normalized spacial score (nSPS) is 11.6. The second-order valence-corrected chi connectivity index (χ2v) is 7.85. The number of nitrogens with zero attached hydrogens (tertiary/aromatic N) is 4. The van der Waals surface area contributed by atoms with Gasteiger partial charge in [0.25, 0.3) is 5.56 Å². The molecule has 0 fully saturated rings. The van der Waals surface area contributed by atoms with E-state index in [1.807, 2.05) is 48.5 Å². The molecule has 2 aromatic heterocycles. The van der Waals surface area contributed by atoms with Crippen LogP contribution >= 0.6 is 11.8 Å². The Balaban J connectivity index is 1.98. The van der Waals surface area contributed by atoms with Gasteiger partial charge < -0.3 is 0 Å². The standard InChI is InChI=1S/C21H20N4OS/c1-4-27-21-22-17-8-6-5-7-16(17)19-23-20(26)18(24-25(19)21)15-11-9-14(10-12-15)13(2)3/h5-13H,4H2,1-3H3. The summed E-state index contributed by atoms with van der Waals surface area (Å²) >= 11 is 1.58. The van der Waals surface area contributed by atoms with Gasteiger partial charge in [-0.2, -0.15) is 14.6 Å². The second-order valence-electron chi connectivity index (χ2n) is 6.62. The first-order chi connectivity index (χ1) is 13.1. The van der Waals surface area contributed by atoms with Gasteiger partial charge in [0.05, 0.1) is 5.52 Å². The SMILES string of the molecule is CCSc1nc2ccccc2c2nc(=O)c(-c3ccc(C(C)C)cc3)nn12. The third-order valence-electron chi connectivity index (χ3n) is 4.48. The van der Waals surface area contributed by atoms with Crippen molar-refractivity contribution in [2.24, 2.45) is 0 Å². The lowest BCUT2D eigenvalue weighted by molar-refractivity contribution is 0.770. The lowest BCUT2D eigenvalue weighted by atomic mass is 10.0. The molecule has 0 bridgehead atoms. The molecule has 0 spiro atoms. The molecule has 0 unspecified atom stereocenters. The maximum Gasteiger partial charge on any atom is 0.300 e. The first-order valence-electron chi connectivity index (χ1n) is 9.01. The van der Waals surface area contributed by atoms with Gasteiger partial charge in [0.2, 0.25) is 0 Å². The van der Waals surface area contributed by atoms with E-state index in [1.54, 1.807) is 16.3 Å². The zero-order valence-electron chi connectivity index (χ0n) is 15.5. The average Bonchev–Trinajstić information content (AvgIpc) is 2.68. The minimum atomic E-state index is -0.323. The van der Waals surface area contributed by atoms with Crippen LogP contribution in [-0.2, 0) is 0 Å². The largest absolute Gasteiger partial charge is 0.300 e. The van der Waals surface area contributed by atoms with Crippen molar-refractivity contribution >= 4 is 28.3 Å². The fraction of sp³-hybridized carbons (Fsp3) is 0.238. The Bertz CT molecular complexity index is 1180. The lowest BCUT2D eigenvalue weighted by Crippen LogP contribution is -2.17. The molecule has 2 aromatic carbocycles. The lowest BCUT2D eigenvalue weighted by Gasteiger charge is -2.11. The van der Waals surface area contributed by atoms with E-state index < -0.39 is 0 Å². The zero-order valence-corrected chi connectivity index (χ0v) is 16.3. The van der Waals surface area contributed by atoms with Gasteiger partial charge in [-0.25, -0.2) is 4.98 Å². The van der Waals surface area contributed by atoms with Crippen molar-refractivity contribution < 1.29 is 0 Å². The summed E-state index contributed by atoms with van der Waals surface area (Å²) in [5, 5.41) is 6.20. The van der Waals surface area contributed by atoms with E-state index in [9.17, 15) is 4.79 Å². The molecular formula is C21H20N4OS. The van der Waals surface area contributed by atoms with Crippen LogP contribution in [0.1, 0.15) is 32.3 Å². The molecule has 0 amide bonds. The Morgan fingerprint density at radius 1 is 1.04 bits per heavy atom. The van der Waals surface area contributed by atoms with Crippen molar-refractivity contribution in [1.29, 1.82) is 0 Å². The summed E-state index contributed by atoms with van der Waals surface area (Å²) in [6.45, 7) is 6.35. The van der Waals surface area contributed by atoms with Crippen LogP contribution in [-0.4, -0.2) is 25.3 Å². The van der Waals surface area contributed by atoms with E-state index >= 15 is 0 Å². The van der Waals surface area contributed by atoms with Gasteiger partial charge in [-0.15, -0.1) is 0 Å². The summed E-state index contributed by atoms with van der Waals surface area (Å²) in [4.78, 5) is 21.8. The molecule has 27 heavy (non-hydrogen) atoms. The molecule has 0 N–H and O–H groups in total. The van der Waals surface area contributed by atoms with E-state index in [4.69, 9.17) is 4.98 Å². The summed E-state index contributed by atoms with van der Waals surface area (Å²) < 4.78 is 1.70. The van der Waals surface area contributed by atoms with E-state index in [-0.39, 0.29) is 5.56 Å². The molecule has 0 saturated heterocycles. The van der Waals surface area contributed by atoms with Crippen LogP contribution < -0.4 is 5.56 Å². The summed E-state index contributed by atoms with van der Waals surface area (Å²) in [7, 11) is 0. The van der Waals surface area contributed by atoms with Crippen LogP contribution in [0.4, 0.5) is 0 Å². The van der Waals surface area contributed by atoms with Crippen molar-refractivity contribution in [3.05, 3.63) is 64.4 Å². The molecule has 136 valence electrons. The van der Waals surface area contributed by atoms with E-state index in [2.05, 4.69) is 30.9 Å².